The van der Waals surface area contributed by atoms with Crippen LogP contribution in [0.4, 0.5) is 0 Å². The third-order valence-electron chi connectivity index (χ3n) is 7.15. The molecule has 4 aromatic rings. The van der Waals surface area contributed by atoms with Crippen molar-refractivity contribution in [3.63, 3.8) is 0 Å². The van der Waals surface area contributed by atoms with Crippen molar-refractivity contribution in [2.75, 3.05) is 6.54 Å². The third kappa shape index (κ3) is 6.36. The molecule has 0 spiro atoms. The molecule has 2 aromatic heterocycles. The summed E-state index contributed by atoms with van der Waals surface area (Å²) in [6.45, 7) is 0.806. The van der Waals surface area contributed by atoms with Gasteiger partial charge in [0.15, 0.2) is 0 Å². The first kappa shape index (κ1) is 26.8. The van der Waals surface area contributed by atoms with Crippen molar-refractivity contribution in [2.24, 2.45) is 11.5 Å². The van der Waals surface area contributed by atoms with Gasteiger partial charge in [0, 0.05) is 33.2 Å². The maximum Gasteiger partial charge on any atom is 0.0720 e. The van der Waals surface area contributed by atoms with Crippen LogP contribution in [0.25, 0.3) is 21.8 Å². The van der Waals surface area contributed by atoms with E-state index in [4.69, 9.17) is 34.7 Å². The van der Waals surface area contributed by atoms with Gasteiger partial charge in [-0.25, -0.2) is 0 Å². The molecule has 6 heteroatoms. The van der Waals surface area contributed by atoms with Crippen molar-refractivity contribution in [3.05, 3.63) is 82.1 Å². The summed E-state index contributed by atoms with van der Waals surface area (Å²) >= 11 is 12.6. The predicted molar refractivity (Wildman–Crippen MR) is 154 cm³/mol. The van der Waals surface area contributed by atoms with Crippen molar-refractivity contribution in [2.45, 2.75) is 69.7 Å². The maximum atomic E-state index is 7.43. The van der Waals surface area contributed by atoms with Gasteiger partial charge in [-0.15, -0.1) is 0 Å². The SMILES string of the molecule is NCCCCCCCCCCCC(N)(c1ccnc2cc(Cl)ccc12)c1ccnc2cc(Cl)ccc12. The lowest BCUT2D eigenvalue weighted by molar-refractivity contribution is 0.455. The predicted octanol–water partition coefficient (Wildman–Crippen LogP) is 8.15. The first-order chi connectivity index (χ1) is 17.5. The molecule has 2 aromatic carbocycles. The molecule has 190 valence electrons. The van der Waals surface area contributed by atoms with Crippen molar-refractivity contribution in [1.29, 1.82) is 0 Å². The van der Waals surface area contributed by atoms with E-state index in [0.29, 0.717) is 10.0 Å². The Kier molecular flexibility index (Phi) is 9.55. The van der Waals surface area contributed by atoms with Crippen LogP contribution in [0.5, 0.6) is 0 Å². The molecule has 0 saturated carbocycles. The molecule has 36 heavy (non-hydrogen) atoms. The van der Waals surface area contributed by atoms with E-state index in [1.54, 1.807) is 0 Å². The summed E-state index contributed by atoms with van der Waals surface area (Å²) in [5.41, 5.74) is 16.1. The topological polar surface area (TPSA) is 77.8 Å². The van der Waals surface area contributed by atoms with Gasteiger partial charge in [0.2, 0.25) is 0 Å². The van der Waals surface area contributed by atoms with Crippen LogP contribution in [0.3, 0.4) is 0 Å². The maximum absolute atomic E-state index is 7.43. The first-order valence-corrected chi connectivity index (χ1v) is 13.9. The van der Waals surface area contributed by atoms with E-state index in [9.17, 15) is 0 Å². The minimum atomic E-state index is -0.702. The summed E-state index contributed by atoms with van der Waals surface area (Å²) < 4.78 is 0. The number of pyridine rings is 2. The van der Waals surface area contributed by atoms with Gasteiger partial charge in [-0.3, -0.25) is 9.97 Å². The largest absolute Gasteiger partial charge is 0.330 e. The van der Waals surface area contributed by atoms with Gasteiger partial charge in [0.1, 0.15) is 0 Å². The summed E-state index contributed by atoms with van der Waals surface area (Å²) in [7, 11) is 0. The number of aromatic nitrogens is 2. The number of nitrogens with zero attached hydrogens (tertiary/aromatic N) is 2. The second-order valence-electron chi connectivity index (χ2n) is 9.73. The van der Waals surface area contributed by atoms with Crippen LogP contribution in [-0.2, 0) is 5.54 Å². The van der Waals surface area contributed by atoms with Gasteiger partial charge in [-0.2, -0.15) is 0 Å². The summed E-state index contributed by atoms with van der Waals surface area (Å²) in [4.78, 5) is 9.13. The highest BCUT2D eigenvalue weighted by atomic mass is 35.5. The second-order valence-corrected chi connectivity index (χ2v) is 10.6. The Bertz CT molecular complexity index is 1210. The fraction of sp³-hybridized carbons (Fsp3) is 0.400. The standard InChI is InChI=1S/C30H36Cl2N4/c31-22-10-12-24-26(14-18-35-28(24)20-22)30(34,16-8-6-4-2-1-3-5-7-9-17-33)27-15-19-36-29-21-23(32)11-13-25(27)29/h10-15,18-21H,1-9,16-17,33-34H2. The van der Waals surface area contributed by atoms with Crippen LogP contribution in [0, 0.1) is 0 Å². The molecule has 0 amide bonds. The number of unbranched alkanes of at least 4 members (excludes halogenated alkanes) is 8. The lowest BCUT2D eigenvalue weighted by Crippen LogP contribution is -2.38. The Morgan fingerprint density at radius 3 is 1.53 bits per heavy atom. The molecular formula is C30H36Cl2N4. The molecule has 2 heterocycles. The number of hydrogen-bond donors (Lipinski definition) is 2. The minimum Gasteiger partial charge on any atom is -0.330 e. The highest BCUT2D eigenvalue weighted by Gasteiger charge is 2.32. The monoisotopic (exact) mass is 522 g/mol. The molecule has 0 radical (unpaired) electrons. The van der Waals surface area contributed by atoms with E-state index < -0.39 is 5.54 Å². The van der Waals surface area contributed by atoms with Crippen molar-refractivity contribution in [3.8, 4) is 0 Å². The number of benzene rings is 2. The quantitative estimate of drug-likeness (QED) is 0.173. The molecule has 4 N–H and O–H groups in total. The number of fused-ring (bicyclic) bond motifs is 2. The van der Waals surface area contributed by atoms with Crippen LogP contribution >= 0.6 is 23.2 Å². The van der Waals surface area contributed by atoms with E-state index in [-0.39, 0.29) is 0 Å². The molecule has 0 aliphatic carbocycles. The molecule has 0 bridgehead atoms. The molecule has 0 saturated heterocycles. The molecule has 0 aliphatic rings. The molecule has 0 aliphatic heterocycles. The second kappa shape index (κ2) is 12.8. The van der Waals surface area contributed by atoms with Gasteiger partial charge < -0.3 is 11.5 Å². The Morgan fingerprint density at radius 1 is 0.611 bits per heavy atom. The summed E-state index contributed by atoms with van der Waals surface area (Å²) in [5, 5.41) is 3.39. The molecule has 0 atom stereocenters. The molecule has 0 fully saturated rings. The zero-order chi connectivity index (χ0) is 25.4. The molecule has 0 unspecified atom stereocenters. The summed E-state index contributed by atoms with van der Waals surface area (Å²) in [6.07, 6.45) is 15.5. The number of rotatable bonds is 13. The lowest BCUT2D eigenvalue weighted by Gasteiger charge is -2.33. The Hall–Kier alpha value is -2.24. The van der Waals surface area contributed by atoms with Crippen molar-refractivity contribution < 1.29 is 0 Å². The lowest BCUT2D eigenvalue weighted by atomic mass is 9.77. The van der Waals surface area contributed by atoms with Gasteiger partial charge >= 0.3 is 0 Å². The van der Waals surface area contributed by atoms with E-state index >= 15 is 0 Å². The van der Waals surface area contributed by atoms with Crippen LogP contribution in [0.2, 0.25) is 10.0 Å². The van der Waals surface area contributed by atoms with Gasteiger partial charge in [0.25, 0.3) is 0 Å². The third-order valence-corrected chi connectivity index (χ3v) is 7.62. The zero-order valence-corrected chi connectivity index (χ0v) is 22.4. The highest BCUT2D eigenvalue weighted by Crippen LogP contribution is 2.39. The number of halogens is 2. The molecular weight excluding hydrogens is 487 g/mol. The van der Waals surface area contributed by atoms with Crippen LogP contribution < -0.4 is 11.5 Å². The van der Waals surface area contributed by atoms with Crippen LogP contribution in [-0.4, -0.2) is 16.5 Å². The average molecular weight is 524 g/mol. The summed E-state index contributed by atoms with van der Waals surface area (Å²) in [6, 6.07) is 15.8. The van der Waals surface area contributed by atoms with Gasteiger partial charge in [0.05, 0.1) is 16.6 Å². The van der Waals surface area contributed by atoms with Crippen LogP contribution in [0.1, 0.15) is 75.3 Å². The highest BCUT2D eigenvalue weighted by molar-refractivity contribution is 6.31. The number of hydrogen-bond acceptors (Lipinski definition) is 4. The van der Waals surface area contributed by atoms with Gasteiger partial charge in [-0.05, 0) is 66.9 Å². The van der Waals surface area contributed by atoms with E-state index in [1.807, 2.05) is 48.8 Å². The van der Waals surface area contributed by atoms with E-state index in [1.165, 1.54) is 38.5 Å². The van der Waals surface area contributed by atoms with E-state index in [0.717, 1.165) is 65.2 Å². The molecule has 4 nitrogen and oxygen atoms in total. The van der Waals surface area contributed by atoms with Crippen molar-refractivity contribution >= 4 is 45.0 Å². The van der Waals surface area contributed by atoms with Gasteiger partial charge in [-0.1, -0.05) is 86.7 Å². The minimum absolute atomic E-state index is 0.668. The fourth-order valence-corrected chi connectivity index (χ4v) is 5.55. The Labute approximate surface area is 224 Å². The van der Waals surface area contributed by atoms with E-state index in [2.05, 4.69) is 22.1 Å². The van der Waals surface area contributed by atoms with Crippen LogP contribution in [0.15, 0.2) is 60.9 Å². The Balaban J connectivity index is 1.59. The van der Waals surface area contributed by atoms with Crippen molar-refractivity contribution in [1.82, 2.24) is 9.97 Å². The smallest absolute Gasteiger partial charge is 0.0720 e. The Morgan fingerprint density at radius 2 is 1.06 bits per heavy atom. The average Bonchev–Trinajstić information content (AvgIpc) is 2.88. The molecule has 4 rings (SSSR count). The first-order valence-electron chi connectivity index (χ1n) is 13.1. The number of nitrogens with two attached hydrogens (primary N) is 2. The zero-order valence-electron chi connectivity index (χ0n) is 20.9. The normalized spacial score (nSPS) is 12.0. The fourth-order valence-electron chi connectivity index (χ4n) is 5.22. The summed E-state index contributed by atoms with van der Waals surface area (Å²) in [5.74, 6) is 0.